The summed E-state index contributed by atoms with van der Waals surface area (Å²) in [7, 11) is -1.62. The van der Waals surface area contributed by atoms with Gasteiger partial charge >= 0.3 is 0 Å². The van der Waals surface area contributed by atoms with Crippen LogP contribution in [0.4, 0.5) is 4.39 Å². The van der Waals surface area contributed by atoms with Crippen LogP contribution in [0.3, 0.4) is 0 Å². The molecule has 4 rings (SSSR count). The summed E-state index contributed by atoms with van der Waals surface area (Å²) in [6.07, 6.45) is 0.941. The topological polar surface area (TPSA) is 9.23 Å². The van der Waals surface area contributed by atoms with Crippen molar-refractivity contribution in [3.63, 3.8) is 0 Å². The SMILES string of the molecule is C[Si](C)(C)C1=C2c3cc(F)ccc3COC2Cc2ccccc21. The number of hydrogen-bond donors (Lipinski definition) is 0. The third-order valence-corrected chi connectivity index (χ3v) is 6.87. The number of rotatable bonds is 1. The van der Waals surface area contributed by atoms with Crippen LogP contribution in [-0.2, 0) is 17.8 Å². The number of hydrogen-bond acceptors (Lipinski definition) is 1. The molecule has 0 aromatic heterocycles. The smallest absolute Gasteiger partial charge is 0.123 e. The number of ether oxygens (including phenoxy) is 1. The molecule has 0 fully saturated rings. The van der Waals surface area contributed by atoms with Crippen molar-refractivity contribution in [1.29, 1.82) is 0 Å². The molecule has 0 saturated carbocycles. The second-order valence-corrected chi connectivity index (χ2v) is 12.5. The van der Waals surface area contributed by atoms with Crippen LogP contribution in [-0.4, -0.2) is 14.2 Å². The standard InChI is InChI=1S/C20H21FOSi/c1-23(2,3)20-16-7-5-4-6-13(16)10-18-19(20)17-11-15(21)9-8-14(17)12-22-18/h4-9,11,18H,10,12H2,1-3H3. The van der Waals surface area contributed by atoms with Gasteiger partial charge in [-0.1, -0.05) is 50.0 Å². The lowest BCUT2D eigenvalue weighted by Gasteiger charge is -2.39. The summed E-state index contributed by atoms with van der Waals surface area (Å²) < 4.78 is 20.1. The van der Waals surface area contributed by atoms with Gasteiger partial charge in [-0.25, -0.2) is 4.39 Å². The van der Waals surface area contributed by atoms with Crippen molar-refractivity contribution in [2.45, 2.75) is 38.8 Å². The first-order chi connectivity index (χ1) is 10.9. The fraction of sp³-hybridized carbons (Fsp3) is 0.300. The first kappa shape index (κ1) is 14.9. The predicted octanol–water partition coefficient (Wildman–Crippen LogP) is 5.07. The minimum absolute atomic E-state index is 0.0564. The van der Waals surface area contributed by atoms with E-state index in [0.717, 1.165) is 17.5 Å². The van der Waals surface area contributed by atoms with Gasteiger partial charge in [0.25, 0.3) is 0 Å². The molecule has 1 aliphatic heterocycles. The maximum Gasteiger partial charge on any atom is 0.123 e. The Bertz CT molecular complexity index is 817. The Morgan fingerprint density at radius 2 is 1.78 bits per heavy atom. The van der Waals surface area contributed by atoms with Crippen molar-refractivity contribution < 1.29 is 9.13 Å². The summed E-state index contributed by atoms with van der Waals surface area (Å²) in [6, 6.07) is 13.7. The number of halogens is 1. The van der Waals surface area contributed by atoms with Crippen LogP contribution in [0.15, 0.2) is 42.5 Å². The minimum atomic E-state index is -1.62. The van der Waals surface area contributed by atoms with Crippen LogP contribution in [0, 0.1) is 5.82 Å². The van der Waals surface area contributed by atoms with Gasteiger partial charge in [0, 0.05) is 6.42 Å². The van der Waals surface area contributed by atoms with Crippen LogP contribution < -0.4 is 0 Å². The van der Waals surface area contributed by atoms with Crippen LogP contribution in [0.1, 0.15) is 22.3 Å². The molecule has 1 aliphatic carbocycles. The van der Waals surface area contributed by atoms with Crippen molar-refractivity contribution >= 4 is 18.8 Å². The molecule has 1 atom stereocenters. The van der Waals surface area contributed by atoms with E-state index in [2.05, 4.69) is 43.9 Å². The van der Waals surface area contributed by atoms with Crippen LogP contribution in [0.25, 0.3) is 10.8 Å². The van der Waals surface area contributed by atoms with Crippen LogP contribution in [0.5, 0.6) is 0 Å². The van der Waals surface area contributed by atoms with Gasteiger partial charge in [0.05, 0.1) is 20.8 Å². The lowest BCUT2D eigenvalue weighted by atomic mass is 9.83. The van der Waals surface area contributed by atoms with Gasteiger partial charge in [-0.15, -0.1) is 0 Å². The zero-order chi connectivity index (χ0) is 16.2. The molecule has 2 aromatic carbocycles. The Morgan fingerprint density at radius 3 is 2.57 bits per heavy atom. The summed E-state index contributed by atoms with van der Waals surface area (Å²) in [4.78, 5) is 0. The summed E-state index contributed by atoms with van der Waals surface area (Å²) in [5.41, 5.74) is 6.11. The van der Waals surface area contributed by atoms with Crippen LogP contribution in [0.2, 0.25) is 19.6 Å². The highest BCUT2D eigenvalue weighted by Crippen LogP contribution is 2.46. The number of benzene rings is 2. The Balaban J connectivity index is 2.07. The Labute approximate surface area is 137 Å². The average molecular weight is 324 g/mol. The average Bonchev–Trinajstić information content (AvgIpc) is 2.51. The molecule has 0 saturated heterocycles. The molecule has 2 aromatic rings. The van der Waals surface area contributed by atoms with Crippen molar-refractivity contribution in [2.24, 2.45) is 0 Å². The van der Waals surface area contributed by atoms with Crippen molar-refractivity contribution in [2.75, 3.05) is 0 Å². The van der Waals surface area contributed by atoms with E-state index in [1.165, 1.54) is 28.0 Å². The molecular formula is C20H21FOSi. The summed E-state index contributed by atoms with van der Waals surface area (Å²) in [5.74, 6) is -0.161. The molecule has 0 amide bonds. The molecule has 23 heavy (non-hydrogen) atoms. The Hall–Kier alpha value is -1.71. The lowest BCUT2D eigenvalue weighted by molar-refractivity contribution is 0.0710. The van der Waals surface area contributed by atoms with E-state index in [1.54, 1.807) is 6.07 Å². The summed E-state index contributed by atoms with van der Waals surface area (Å²) in [5, 5.41) is 1.43. The molecule has 118 valence electrons. The molecule has 0 N–H and O–H groups in total. The van der Waals surface area contributed by atoms with E-state index in [9.17, 15) is 4.39 Å². The summed E-state index contributed by atoms with van der Waals surface area (Å²) >= 11 is 0. The van der Waals surface area contributed by atoms with Gasteiger partial charge in [0.2, 0.25) is 0 Å². The zero-order valence-corrected chi connectivity index (χ0v) is 14.8. The predicted molar refractivity (Wildman–Crippen MR) is 95.3 cm³/mol. The highest BCUT2D eigenvalue weighted by atomic mass is 28.3. The monoisotopic (exact) mass is 324 g/mol. The molecular weight excluding hydrogens is 303 g/mol. The van der Waals surface area contributed by atoms with E-state index in [-0.39, 0.29) is 11.9 Å². The van der Waals surface area contributed by atoms with Gasteiger partial charge < -0.3 is 4.74 Å². The molecule has 3 heteroatoms. The van der Waals surface area contributed by atoms with E-state index < -0.39 is 8.07 Å². The lowest BCUT2D eigenvalue weighted by Crippen LogP contribution is -2.35. The Kier molecular flexibility index (Phi) is 3.32. The van der Waals surface area contributed by atoms with Crippen LogP contribution >= 0.6 is 0 Å². The first-order valence-corrected chi connectivity index (χ1v) is 11.7. The minimum Gasteiger partial charge on any atom is -0.368 e. The fourth-order valence-corrected chi connectivity index (χ4v) is 6.08. The van der Waals surface area contributed by atoms with E-state index in [4.69, 9.17) is 4.74 Å². The third-order valence-electron chi connectivity index (χ3n) is 4.84. The van der Waals surface area contributed by atoms with Gasteiger partial charge in [0.1, 0.15) is 5.82 Å². The van der Waals surface area contributed by atoms with E-state index in [1.807, 2.05) is 6.07 Å². The largest absolute Gasteiger partial charge is 0.368 e. The molecule has 1 heterocycles. The molecule has 2 aliphatic rings. The molecule has 1 nitrogen and oxygen atoms in total. The second kappa shape index (κ2) is 5.15. The fourth-order valence-electron chi connectivity index (χ4n) is 3.92. The zero-order valence-electron chi connectivity index (χ0n) is 13.8. The van der Waals surface area contributed by atoms with Crippen molar-refractivity contribution in [3.05, 3.63) is 70.5 Å². The quantitative estimate of drug-likeness (QED) is 0.666. The molecule has 1 unspecified atom stereocenters. The third kappa shape index (κ3) is 2.39. The normalized spacial score (nSPS) is 19.9. The van der Waals surface area contributed by atoms with E-state index >= 15 is 0 Å². The first-order valence-electron chi connectivity index (χ1n) is 8.18. The van der Waals surface area contributed by atoms with Gasteiger partial charge in [0.15, 0.2) is 0 Å². The van der Waals surface area contributed by atoms with Crippen molar-refractivity contribution in [3.8, 4) is 0 Å². The van der Waals surface area contributed by atoms with Gasteiger partial charge in [-0.2, -0.15) is 0 Å². The van der Waals surface area contributed by atoms with Gasteiger partial charge in [-0.3, -0.25) is 0 Å². The molecule has 0 bridgehead atoms. The van der Waals surface area contributed by atoms with Gasteiger partial charge in [-0.05, 0) is 45.2 Å². The highest BCUT2D eigenvalue weighted by Gasteiger charge is 2.37. The highest BCUT2D eigenvalue weighted by molar-refractivity contribution is 6.95. The Morgan fingerprint density at radius 1 is 1.00 bits per heavy atom. The maximum absolute atomic E-state index is 13.9. The number of fused-ring (bicyclic) bond motifs is 4. The van der Waals surface area contributed by atoms with E-state index in [0.29, 0.717) is 6.61 Å². The molecule has 0 radical (unpaired) electrons. The van der Waals surface area contributed by atoms with Crippen molar-refractivity contribution in [1.82, 2.24) is 0 Å². The second-order valence-electron chi connectivity index (χ2n) is 7.50. The summed E-state index contributed by atoms with van der Waals surface area (Å²) in [6.45, 7) is 7.66. The maximum atomic E-state index is 13.9. The molecule has 0 spiro atoms.